The van der Waals surface area contributed by atoms with Crippen LogP contribution < -0.4 is 14.8 Å². The highest BCUT2D eigenvalue weighted by Crippen LogP contribution is 2.29. The zero-order valence-electron chi connectivity index (χ0n) is 18.0. The summed E-state index contributed by atoms with van der Waals surface area (Å²) in [6.07, 6.45) is 1.11. The monoisotopic (exact) mass is 408 g/mol. The van der Waals surface area contributed by atoms with E-state index in [2.05, 4.69) is 29.6 Å². The van der Waals surface area contributed by atoms with Gasteiger partial charge in [-0.2, -0.15) is 0 Å². The van der Waals surface area contributed by atoms with Crippen molar-refractivity contribution in [3.05, 3.63) is 95.3 Å². The first-order chi connectivity index (χ1) is 14.5. The van der Waals surface area contributed by atoms with E-state index in [4.69, 9.17) is 9.47 Å². The van der Waals surface area contributed by atoms with Crippen LogP contribution >= 0.6 is 0 Å². The molecule has 0 spiro atoms. The van der Waals surface area contributed by atoms with E-state index in [0.29, 0.717) is 0 Å². The molecule has 0 aliphatic rings. The third kappa shape index (κ3) is 6.33. The van der Waals surface area contributed by atoms with Crippen LogP contribution in [0, 0.1) is 5.82 Å². The summed E-state index contributed by atoms with van der Waals surface area (Å²) in [7, 11) is 1.68. The van der Waals surface area contributed by atoms with Gasteiger partial charge in [0.1, 0.15) is 23.9 Å². The lowest BCUT2D eigenvalue weighted by Gasteiger charge is -2.18. The topological polar surface area (TPSA) is 35.1 Å². The van der Waals surface area contributed by atoms with E-state index in [0.717, 1.165) is 36.6 Å². The lowest BCUT2D eigenvalue weighted by Crippen LogP contribution is -2.82. The SMILES string of the molecule is COc1ccc(C[NH2+]CC[C@H](c2ccc(F)cc2)c2ccc(OC(C)C)cc2)cc1. The molecule has 30 heavy (non-hydrogen) atoms. The predicted molar refractivity (Wildman–Crippen MR) is 119 cm³/mol. The predicted octanol–water partition coefficient (Wildman–Crippen LogP) is 4.91. The number of hydrogen-bond acceptors (Lipinski definition) is 2. The molecule has 0 radical (unpaired) electrons. The van der Waals surface area contributed by atoms with Gasteiger partial charge < -0.3 is 14.8 Å². The van der Waals surface area contributed by atoms with Gasteiger partial charge in [0.2, 0.25) is 0 Å². The molecule has 0 aliphatic carbocycles. The molecule has 3 nitrogen and oxygen atoms in total. The van der Waals surface area contributed by atoms with E-state index in [9.17, 15) is 4.39 Å². The summed E-state index contributed by atoms with van der Waals surface area (Å²) in [5.41, 5.74) is 3.62. The minimum atomic E-state index is -0.204. The van der Waals surface area contributed by atoms with Crippen molar-refractivity contribution in [1.82, 2.24) is 0 Å². The average Bonchev–Trinajstić information content (AvgIpc) is 2.75. The number of quaternary nitrogens is 1. The van der Waals surface area contributed by atoms with Gasteiger partial charge in [-0.25, -0.2) is 4.39 Å². The molecule has 158 valence electrons. The number of ether oxygens (including phenoxy) is 2. The first-order valence-electron chi connectivity index (χ1n) is 10.5. The molecule has 0 amide bonds. The van der Waals surface area contributed by atoms with Crippen molar-refractivity contribution in [2.45, 2.75) is 38.8 Å². The third-order valence-electron chi connectivity index (χ3n) is 5.13. The van der Waals surface area contributed by atoms with Gasteiger partial charge in [0.25, 0.3) is 0 Å². The molecule has 0 heterocycles. The van der Waals surface area contributed by atoms with E-state index < -0.39 is 0 Å². The molecule has 2 N–H and O–H groups in total. The number of halogens is 1. The largest absolute Gasteiger partial charge is 0.497 e. The summed E-state index contributed by atoms with van der Waals surface area (Å²) < 4.78 is 24.4. The van der Waals surface area contributed by atoms with Crippen LogP contribution in [-0.4, -0.2) is 19.8 Å². The molecular weight excluding hydrogens is 377 g/mol. The van der Waals surface area contributed by atoms with Crippen LogP contribution in [0.4, 0.5) is 4.39 Å². The summed E-state index contributed by atoms with van der Waals surface area (Å²) in [6.45, 7) is 5.93. The zero-order chi connectivity index (χ0) is 21.3. The summed E-state index contributed by atoms with van der Waals surface area (Å²) in [4.78, 5) is 0. The zero-order valence-corrected chi connectivity index (χ0v) is 18.0. The minimum Gasteiger partial charge on any atom is -0.497 e. The van der Waals surface area contributed by atoms with Crippen LogP contribution in [0.15, 0.2) is 72.8 Å². The molecule has 0 aromatic heterocycles. The highest BCUT2D eigenvalue weighted by molar-refractivity contribution is 5.36. The summed E-state index contributed by atoms with van der Waals surface area (Å²) in [5, 5.41) is 2.31. The van der Waals surface area contributed by atoms with Crippen molar-refractivity contribution in [2.75, 3.05) is 13.7 Å². The lowest BCUT2D eigenvalue weighted by atomic mass is 9.88. The number of rotatable bonds is 10. The van der Waals surface area contributed by atoms with Crippen LogP contribution in [-0.2, 0) is 6.54 Å². The van der Waals surface area contributed by atoms with Gasteiger partial charge in [-0.15, -0.1) is 0 Å². The van der Waals surface area contributed by atoms with Crippen molar-refractivity contribution in [3.8, 4) is 11.5 Å². The second-order valence-electron chi connectivity index (χ2n) is 7.76. The van der Waals surface area contributed by atoms with Crippen molar-refractivity contribution < 1.29 is 19.2 Å². The molecule has 0 unspecified atom stereocenters. The molecule has 0 saturated carbocycles. The van der Waals surface area contributed by atoms with Gasteiger partial charge in [-0.3, -0.25) is 0 Å². The fourth-order valence-corrected chi connectivity index (χ4v) is 3.59. The maximum Gasteiger partial charge on any atom is 0.123 e. The van der Waals surface area contributed by atoms with Crippen molar-refractivity contribution in [3.63, 3.8) is 0 Å². The number of benzene rings is 3. The highest BCUT2D eigenvalue weighted by atomic mass is 19.1. The molecule has 3 rings (SSSR count). The fraction of sp³-hybridized carbons (Fsp3) is 0.308. The van der Waals surface area contributed by atoms with Gasteiger partial charge in [0.05, 0.1) is 19.8 Å². The molecular formula is C26H31FNO2+. The Labute approximate surface area is 178 Å². The Morgan fingerprint density at radius 1 is 0.800 bits per heavy atom. The van der Waals surface area contributed by atoms with E-state index in [1.807, 2.05) is 50.2 Å². The van der Waals surface area contributed by atoms with E-state index >= 15 is 0 Å². The summed E-state index contributed by atoms with van der Waals surface area (Å²) in [6, 6.07) is 23.3. The maximum absolute atomic E-state index is 13.4. The molecule has 4 heteroatoms. The third-order valence-corrected chi connectivity index (χ3v) is 5.13. The van der Waals surface area contributed by atoms with E-state index in [1.54, 1.807) is 19.2 Å². The van der Waals surface area contributed by atoms with E-state index in [1.165, 1.54) is 11.1 Å². The molecule has 0 bridgehead atoms. The molecule has 0 saturated heterocycles. The number of methoxy groups -OCH3 is 1. The standard InChI is InChI=1S/C26H30FNO2/c1-19(2)30-25-14-8-22(9-15-25)26(21-6-10-23(27)11-7-21)16-17-28-18-20-4-12-24(29-3)13-5-20/h4-15,19,26,28H,16-18H2,1-3H3/p+1/t26-/m1/s1. The van der Waals surface area contributed by atoms with Gasteiger partial charge in [0.15, 0.2) is 0 Å². The Bertz CT molecular complexity index is 890. The van der Waals surface area contributed by atoms with Crippen LogP contribution in [0.1, 0.15) is 42.9 Å². The van der Waals surface area contributed by atoms with Crippen molar-refractivity contribution in [1.29, 1.82) is 0 Å². The molecule has 3 aromatic rings. The quantitative estimate of drug-likeness (QED) is 0.484. The van der Waals surface area contributed by atoms with Crippen molar-refractivity contribution in [2.24, 2.45) is 0 Å². The fourth-order valence-electron chi connectivity index (χ4n) is 3.59. The Kier molecular flexibility index (Phi) is 7.86. The average molecular weight is 409 g/mol. The smallest absolute Gasteiger partial charge is 0.123 e. The Balaban J connectivity index is 1.66. The van der Waals surface area contributed by atoms with Gasteiger partial charge in [-0.1, -0.05) is 24.3 Å². The molecule has 0 fully saturated rings. The molecule has 3 aromatic carbocycles. The normalized spacial score (nSPS) is 12.0. The van der Waals surface area contributed by atoms with Crippen molar-refractivity contribution >= 4 is 0 Å². The highest BCUT2D eigenvalue weighted by Gasteiger charge is 2.16. The van der Waals surface area contributed by atoms with Crippen LogP contribution in [0.25, 0.3) is 0 Å². The van der Waals surface area contributed by atoms with Crippen LogP contribution in [0.3, 0.4) is 0 Å². The minimum absolute atomic E-state index is 0.149. The Morgan fingerprint density at radius 3 is 1.93 bits per heavy atom. The van der Waals surface area contributed by atoms with Crippen LogP contribution in [0.2, 0.25) is 0 Å². The molecule has 0 aliphatic heterocycles. The first-order valence-corrected chi connectivity index (χ1v) is 10.5. The second-order valence-corrected chi connectivity index (χ2v) is 7.76. The Morgan fingerprint density at radius 2 is 1.37 bits per heavy atom. The number of hydrogen-bond donors (Lipinski definition) is 1. The number of nitrogens with two attached hydrogens (primary N) is 1. The summed E-state index contributed by atoms with van der Waals surface area (Å²) in [5.74, 6) is 1.76. The Hall–Kier alpha value is -2.85. The van der Waals surface area contributed by atoms with Crippen LogP contribution in [0.5, 0.6) is 11.5 Å². The lowest BCUT2D eigenvalue weighted by molar-refractivity contribution is -0.671. The first kappa shape index (κ1) is 21.8. The second kappa shape index (κ2) is 10.8. The van der Waals surface area contributed by atoms with E-state index in [-0.39, 0.29) is 17.8 Å². The molecule has 1 atom stereocenters. The maximum atomic E-state index is 13.4. The van der Waals surface area contributed by atoms with Gasteiger partial charge in [0, 0.05) is 17.9 Å². The summed E-state index contributed by atoms with van der Waals surface area (Å²) >= 11 is 0. The van der Waals surface area contributed by atoms with Gasteiger partial charge in [-0.05, 0) is 73.5 Å². The van der Waals surface area contributed by atoms with Gasteiger partial charge >= 0.3 is 0 Å².